The average Bonchev–Trinajstić information content (AvgIpc) is 3.28. The Labute approximate surface area is 186 Å². The number of amides is 1. The third kappa shape index (κ3) is 5.03. The first kappa shape index (κ1) is 21.7. The molecule has 1 fully saturated rings. The van der Waals surface area contributed by atoms with E-state index in [0.29, 0.717) is 36.1 Å². The van der Waals surface area contributed by atoms with Crippen molar-refractivity contribution in [2.24, 2.45) is 5.92 Å². The topological polar surface area (TPSA) is 97.6 Å². The van der Waals surface area contributed by atoms with E-state index in [2.05, 4.69) is 20.4 Å². The van der Waals surface area contributed by atoms with Crippen molar-refractivity contribution >= 4 is 17.6 Å². The van der Waals surface area contributed by atoms with Crippen LogP contribution in [0.25, 0.3) is 11.4 Å². The van der Waals surface area contributed by atoms with Gasteiger partial charge in [0.2, 0.25) is 17.6 Å². The molecular weight excluding hydrogens is 408 g/mol. The fraction of sp³-hybridized carbons (Fsp3) is 0.333. The molecule has 0 aliphatic carbocycles. The molecule has 1 atom stereocenters. The van der Waals surface area contributed by atoms with Gasteiger partial charge in [0.15, 0.2) is 0 Å². The van der Waals surface area contributed by atoms with Gasteiger partial charge in [-0.05, 0) is 38.4 Å². The van der Waals surface area contributed by atoms with Gasteiger partial charge in [0.25, 0.3) is 0 Å². The number of nitrogens with zero attached hydrogens (tertiary/aromatic N) is 3. The van der Waals surface area contributed by atoms with E-state index in [9.17, 15) is 9.59 Å². The normalized spacial score (nSPS) is 16.5. The van der Waals surface area contributed by atoms with Gasteiger partial charge in [-0.15, -0.1) is 0 Å². The molecule has 1 amide bonds. The van der Waals surface area contributed by atoms with Crippen molar-refractivity contribution in [1.82, 2.24) is 15.0 Å². The number of esters is 1. The van der Waals surface area contributed by atoms with Gasteiger partial charge in [0.1, 0.15) is 0 Å². The predicted octanol–water partition coefficient (Wildman–Crippen LogP) is 3.68. The second-order valence-corrected chi connectivity index (χ2v) is 7.98. The molecule has 1 N–H and O–H groups in total. The van der Waals surface area contributed by atoms with Crippen molar-refractivity contribution in [2.45, 2.75) is 26.3 Å². The number of aromatic nitrogens is 2. The van der Waals surface area contributed by atoms with E-state index in [1.807, 2.05) is 31.2 Å². The molecule has 2 aromatic carbocycles. The summed E-state index contributed by atoms with van der Waals surface area (Å²) in [5.74, 6) is 0.293. The Kier molecular flexibility index (Phi) is 6.61. The fourth-order valence-corrected chi connectivity index (χ4v) is 3.86. The number of nitrogens with one attached hydrogen (secondary N) is 1. The number of carbonyl (C=O) groups excluding carboxylic acids is 2. The molecule has 166 valence electrons. The summed E-state index contributed by atoms with van der Waals surface area (Å²) in [6, 6.07) is 14.8. The van der Waals surface area contributed by atoms with Crippen LogP contribution in [0.15, 0.2) is 53.1 Å². The highest BCUT2D eigenvalue weighted by Crippen LogP contribution is 2.23. The Hall–Kier alpha value is -3.52. The number of piperidine rings is 1. The molecule has 32 heavy (non-hydrogen) atoms. The minimum absolute atomic E-state index is 0.114. The van der Waals surface area contributed by atoms with Crippen LogP contribution in [0.3, 0.4) is 0 Å². The van der Waals surface area contributed by atoms with Gasteiger partial charge >= 0.3 is 5.97 Å². The Morgan fingerprint density at radius 2 is 1.97 bits per heavy atom. The van der Waals surface area contributed by atoms with Gasteiger partial charge in [-0.1, -0.05) is 47.1 Å². The SMILES string of the molecule is COC(=O)c1ccccc1NC(=O)C1CCCN(Cc2nc(-c3ccc(C)cc3)no2)C1. The summed E-state index contributed by atoms with van der Waals surface area (Å²) in [6.07, 6.45) is 1.66. The molecule has 0 spiro atoms. The van der Waals surface area contributed by atoms with Crippen molar-refractivity contribution in [3.05, 3.63) is 65.5 Å². The van der Waals surface area contributed by atoms with E-state index >= 15 is 0 Å². The van der Waals surface area contributed by atoms with Crippen LogP contribution in [0.4, 0.5) is 5.69 Å². The summed E-state index contributed by atoms with van der Waals surface area (Å²) in [5, 5.41) is 6.98. The van der Waals surface area contributed by atoms with Crippen molar-refractivity contribution < 1.29 is 18.8 Å². The fourth-order valence-electron chi connectivity index (χ4n) is 3.86. The average molecular weight is 434 g/mol. The second-order valence-electron chi connectivity index (χ2n) is 7.98. The molecule has 1 aliphatic rings. The number of hydrogen-bond acceptors (Lipinski definition) is 7. The third-order valence-corrected chi connectivity index (χ3v) is 5.60. The van der Waals surface area contributed by atoms with E-state index in [4.69, 9.17) is 9.26 Å². The number of benzene rings is 2. The highest BCUT2D eigenvalue weighted by Gasteiger charge is 2.28. The molecule has 1 unspecified atom stereocenters. The second kappa shape index (κ2) is 9.74. The number of hydrogen-bond donors (Lipinski definition) is 1. The van der Waals surface area contributed by atoms with E-state index in [0.717, 1.165) is 24.9 Å². The highest BCUT2D eigenvalue weighted by atomic mass is 16.5. The number of anilines is 1. The number of aryl methyl sites for hydroxylation is 1. The van der Waals surface area contributed by atoms with E-state index < -0.39 is 5.97 Å². The maximum absolute atomic E-state index is 12.9. The molecule has 2 heterocycles. The van der Waals surface area contributed by atoms with Crippen LogP contribution in [0.5, 0.6) is 0 Å². The number of methoxy groups -OCH3 is 1. The summed E-state index contributed by atoms with van der Waals surface area (Å²) >= 11 is 0. The van der Waals surface area contributed by atoms with Crippen molar-refractivity contribution in [2.75, 3.05) is 25.5 Å². The van der Waals surface area contributed by atoms with Gasteiger partial charge < -0.3 is 14.6 Å². The van der Waals surface area contributed by atoms with Crippen molar-refractivity contribution in [3.63, 3.8) is 0 Å². The Bertz CT molecular complexity index is 1090. The maximum Gasteiger partial charge on any atom is 0.339 e. The first-order chi connectivity index (χ1) is 15.5. The maximum atomic E-state index is 12.9. The third-order valence-electron chi connectivity index (χ3n) is 5.60. The largest absolute Gasteiger partial charge is 0.465 e. The Balaban J connectivity index is 1.38. The molecule has 0 saturated carbocycles. The first-order valence-corrected chi connectivity index (χ1v) is 10.6. The van der Waals surface area contributed by atoms with Gasteiger partial charge in [0.05, 0.1) is 30.8 Å². The van der Waals surface area contributed by atoms with Crippen LogP contribution in [0.2, 0.25) is 0 Å². The lowest BCUT2D eigenvalue weighted by Crippen LogP contribution is -2.40. The summed E-state index contributed by atoms with van der Waals surface area (Å²) in [7, 11) is 1.32. The molecular formula is C24H26N4O4. The number of carbonyl (C=O) groups is 2. The van der Waals surface area contributed by atoms with Crippen LogP contribution >= 0.6 is 0 Å². The van der Waals surface area contributed by atoms with Crippen molar-refractivity contribution in [1.29, 1.82) is 0 Å². The summed E-state index contributed by atoms with van der Waals surface area (Å²) in [4.78, 5) is 31.5. The molecule has 4 rings (SSSR count). The number of ether oxygens (including phenoxy) is 1. The van der Waals surface area contributed by atoms with Gasteiger partial charge in [-0.3, -0.25) is 9.69 Å². The predicted molar refractivity (Wildman–Crippen MR) is 119 cm³/mol. The molecule has 1 aromatic heterocycles. The number of para-hydroxylation sites is 1. The zero-order chi connectivity index (χ0) is 22.5. The quantitative estimate of drug-likeness (QED) is 0.591. The van der Waals surface area contributed by atoms with Crippen molar-refractivity contribution in [3.8, 4) is 11.4 Å². The molecule has 0 radical (unpaired) electrons. The smallest absolute Gasteiger partial charge is 0.339 e. The minimum atomic E-state index is -0.480. The van der Waals surface area contributed by atoms with E-state index in [-0.39, 0.29) is 11.8 Å². The van der Waals surface area contributed by atoms with Crippen LogP contribution in [0.1, 0.15) is 34.7 Å². The Morgan fingerprint density at radius 1 is 1.19 bits per heavy atom. The zero-order valence-corrected chi connectivity index (χ0v) is 18.2. The van der Waals surface area contributed by atoms with Gasteiger partial charge in [-0.25, -0.2) is 4.79 Å². The number of rotatable bonds is 6. The van der Waals surface area contributed by atoms with Crippen LogP contribution in [-0.4, -0.2) is 47.1 Å². The van der Waals surface area contributed by atoms with E-state index in [1.165, 1.54) is 12.7 Å². The van der Waals surface area contributed by atoms with Crippen LogP contribution in [0, 0.1) is 12.8 Å². The Morgan fingerprint density at radius 3 is 2.75 bits per heavy atom. The summed E-state index contributed by atoms with van der Waals surface area (Å²) < 4.78 is 10.2. The molecule has 8 heteroatoms. The standard InChI is InChI=1S/C24H26N4O4/c1-16-9-11-17(12-10-16)22-26-21(32-27-22)15-28-13-5-6-18(14-28)23(29)25-20-8-4-3-7-19(20)24(30)31-2/h3-4,7-12,18H,5-6,13-15H2,1-2H3,(H,25,29). The molecule has 3 aromatic rings. The van der Waals surface area contributed by atoms with Gasteiger partial charge in [0, 0.05) is 12.1 Å². The highest BCUT2D eigenvalue weighted by molar-refractivity contribution is 6.01. The van der Waals surface area contributed by atoms with E-state index in [1.54, 1.807) is 24.3 Å². The van der Waals surface area contributed by atoms with Gasteiger partial charge in [-0.2, -0.15) is 4.98 Å². The summed E-state index contributed by atoms with van der Waals surface area (Å²) in [6.45, 7) is 3.95. The lowest BCUT2D eigenvalue weighted by Gasteiger charge is -2.31. The summed E-state index contributed by atoms with van der Waals surface area (Å²) in [5.41, 5.74) is 2.88. The molecule has 1 saturated heterocycles. The first-order valence-electron chi connectivity index (χ1n) is 10.6. The lowest BCUT2D eigenvalue weighted by atomic mass is 9.97. The molecule has 1 aliphatic heterocycles. The minimum Gasteiger partial charge on any atom is -0.465 e. The van der Waals surface area contributed by atoms with Crippen LogP contribution < -0.4 is 5.32 Å². The monoisotopic (exact) mass is 434 g/mol. The molecule has 8 nitrogen and oxygen atoms in total. The lowest BCUT2D eigenvalue weighted by molar-refractivity contribution is -0.121. The zero-order valence-electron chi connectivity index (χ0n) is 18.2. The van der Waals surface area contributed by atoms with Crippen LogP contribution in [-0.2, 0) is 16.1 Å². The number of likely N-dealkylation sites (tertiary alicyclic amines) is 1. The molecule has 0 bridgehead atoms.